The van der Waals surface area contributed by atoms with Crippen LogP contribution in [0.25, 0.3) is 90.9 Å². The summed E-state index contributed by atoms with van der Waals surface area (Å²) in [6, 6.07) is 47.8. The molecule has 2 aliphatic heterocycles. The number of unbranched alkanes of at least 4 members (excludes halogenated alkanes) is 3. The van der Waals surface area contributed by atoms with Crippen molar-refractivity contribution in [3.63, 3.8) is 0 Å². The Balaban J connectivity index is 1.14. The van der Waals surface area contributed by atoms with Crippen molar-refractivity contribution in [1.29, 1.82) is 0 Å². The lowest BCUT2D eigenvalue weighted by atomic mass is 10.0. The Morgan fingerprint density at radius 2 is 0.810 bits per heavy atom. The van der Waals surface area contributed by atoms with Crippen molar-refractivity contribution >= 4 is 57.7 Å². The number of benzene rings is 4. The Labute approximate surface area is 373 Å². The van der Waals surface area contributed by atoms with Gasteiger partial charge in [-0.2, -0.15) is 0 Å². The molecule has 0 atom stereocenters. The van der Waals surface area contributed by atoms with Crippen LogP contribution in [0.4, 0.5) is 0 Å². The molecule has 0 saturated heterocycles. The molecule has 10 rings (SSSR count). The van der Waals surface area contributed by atoms with Crippen molar-refractivity contribution in [2.24, 2.45) is 0 Å². The van der Waals surface area contributed by atoms with E-state index in [4.69, 9.17) is 14.7 Å². The molecular weight excluding hydrogens is 789 g/mol. The van der Waals surface area contributed by atoms with Gasteiger partial charge in [0.1, 0.15) is 5.75 Å². The number of hydrogen-bond donors (Lipinski definition) is 2. The number of thiophene rings is 1. The first-order valence-electron chi connectivity index (χ1n) is 22.1. The summed E-state index contributed by atoms with van der Waals surface area (Å²) in [4.78, 5) is 20.2. The third-order valence-electron chi connectivity index (χ3n) is 12.1. The maximum Gasteiger partial charge on any atom is 0.119 e. The van der Waals surface area contributed by atoms with Gasteiger partial charge < -0.3 is 14.7 Å². The van der Waals surface area contributed by atoms with Gasteiger partial charge in [-0.05, 0) is 134 Å². The van der Waals surface area contributed by atoms with Crippen LogP contribution >= 0.6 is 11.3 Å². The summed E-state index contributed by atoms with van der Waals surface area (Å²) in [5, 5.41) is 2.16. The maximum atomic E-state index is 6.28. The van der Waals surface area contributed by atoms with E-state index in [0.717, 1.165) is 102 Å². The fourth-order valence-corrected chi connectivity index (χ4v) is 9.45. The number of aromatic amines is 2. The van der Waals surface area contributed by atoms with Gasteiger partial charge in [-0.25, -0.2) is 9.97 Å². The number of ether oxygens (including phenoxy) is 1. The topological polar surface area (TPSA) is 66.6 Å². The fourth-order valence-electron chi connectivity index (χ4n) is 8.70. The summed E-state index contributed by atoms with van der Waals surface area (Å²) >= 11 is 1.85. The van der Waals surface area contributed by atoms with E-state index in [1.807, 2.05) is 11.3 Å². The molecule has 0 spiro atoms. The highest BCUT2D eigenvalue weighted by Crippen LogP contribution is 2.39. The SMILES string of the molecule is Cc1ccc(-c2c3nc(c(-c4ccc(C)cc4)c4ccc([nH]4)c(-c4ccc(OCCCCCCc5cccs5)cc4)c4nc(c(-c5ccc(C)cc5)c5ccc2[nH]5)C=C4)C=C3)cc1. The molecular formula is C57H50N4OS. The lowest BCUT2D eigenvalue weighted by Gasteiger charge is -2.09. The molecule has 0 fully saturated rings. The smallest absolute Gasteiger partial charge is 0.119 e. The molecule has 4 aromatic carbocycles. The molecule has 8 bridgehead atoms. The summed E-state index contributed by atoms with van der Waals surface area (Å²) < 4.78 is 6.28. The summed E-state index contributed by atoms with van der Waals surface area (Å²) in [7, 11) is 0. The molecule has 2 N–H and O–H groups in total. The van der Waals surface area contributed by atoms with E-state index in [0.29, 0.717) is 6.61 Å². The first-order valence-corrected chi connectivity index (χ1v) is 22.9. The van der Waals surface area contributed by atoms with Gasteiger partial charge in [0.05, 0.1) is 29.4 Å². The monoisotopic (exact) mass is 838 g/mol. The molecule has 8 aromatic rings. The van der Waals surface area contributed by atoms with E-state index in [1.54, 1.807) is 0 Å². The molecule has 4 aromatic heterocycles. The van der Waals surface area contributed by atoms with Crippen LogP contribution in [0.2, 0.25) is 0 Å². The number of fused-ring (bicyclic) bond motifs is 8. The van der Waals surface area contributed by atoms with Gasteiger partial charge in [-0.1, -0.05) is 121 Å². The average Bonchev–Trinajstić information content (AvgIpc) is 4.17. The molecule has 0 amide bonds. The first-order chi connectivity index (χ1) is 30.9. The van der Waals surface area contributed by atoms with Crippen LogP contribution < -0.4 is 4.74 Å². The Bertz CT molecular complexity index is 3090. The zero-order chi connectivity index (χ0) is 42.7. The minimum absolute atomic E-state index is 0.708. The lowest BCUT2D eigenvalue weighted by molar-refractivity contribution is 0.305. The van der Waals surface area contributed by atoms with Crippen molar-refractivity contribution in [3.8, 4) is 50.3 Å². The predicted molar refractivity (Wildman–Crippen MR) is 267 cm³/mol. The Morgan fingerprint density at radius 1 is 0.429 bits per heavy atom. The number of hydrogen-bond acceptors (Lipinski definition) is 4. The zero-order valence-electron chi connectivity index (χ0n) is 36.0. The number of aromatic nitrogens is 4. The van der Waals surface area contributed by atoms with Crippen LogP contribution in [-0.2, 0) is 6.42 Å². The van der Waals surface area contributed by atoms with E-state index in [1.165, 1.54) is 47.3 Å². The number of nitrogens with zero attached hydrogens (tertiary/aromatic N) is 2. The maximum absolute atomic E-state index is 6.28. The van der Waals surface area contributed by atoms with Gasteiger partial charge in [0.2, 0.25) is 0 Å². The van der Waals surface area contributed by atoms with Gasteiger partial charge in [0.15, 0.2) is 0 Å². The number of H-pyrrole nitrogens is 2. The molecule has 5 nitrogen and oxygen atoms in total. The van der Waals surface area contributed by atoms with Crippen molar-refractivity contribution in [2.45, 2.75) is 52.9 Å². The second kappa shape index (κ2) is 17.8. The summed E-state index contributed by atoms with van der Waals surface area (Å²) in [6.45, 7) is 7.09. The molecule has 0 aliphatic carbocycles. The lowest BCUT2D eigenvalue weighted by Crippen LogP contribution is -1.97. The largest absolute Gasteiger partial charge is 0.494 e. The normalized spacial score (nSPS) is 12.0. The molecule has 0 radical (unpaired) electrons. The van der Waals surface area contributed by atoms with Crippen LogP contribution in [0.1, 0.15) is 70.0 Å². The first kappa shape index (κ1) is 40.1. The minimum atomic E-state index is 0.708. The second-order valence-corrected chi connectivity index (χ2v) is 17.7. The highest BCUT2D eigenvalue weighted by molar-refractivity contribution is 7.09. The predicted octanol–water partition coefficient (Wildman–Crippen LogP) is 15.5. The third kappa shape index (κ3) is 8.60. The highest BCUT2D eigenvalue weighted by atomic mass is 32.1. The van der Waals surface area contributed by atoms with Crippen LogP contribution in [-0.4, -0.2) is 26.5 Å². The van der Waals surface area contributed by atoms with Crippen molar-refractivity contribution in [2.75, 3.05) is 6.61 Å². The average molecular weight is 839 g/mol. The Morgan fingerprint density at radius 3 is 1.19 bits per heavy atom. The van der Waals surface area contributed by atoms with E-state index < -0.39 is 0 Å². The number of nitrogens with one attached hydrogen (secondary N) is 2. The molecule has 0 unspecified atom stereocenters. The summed E-state index contributed by atoms with van der Waals surface area (Å²) in [6.07, 6.45) is 14.5. The molecule has 6 heterocycles. The highest BCUT2D eigenvalue weighted by Gasteiger charge is 2.19. The second-order valence-electron chi connectivity index (χ2n) is 16.7. The van der Waals surface area contributed by atoms with Crippen molar-refractivity contribution in [1.82, 2.24) is 19.9 Å². The Hall–Kier alpha value is -7.02. The van der Waals surface area contributed by atoms with Gasteiger partial charge in [0, 0.05) is 49.2 Å². The summed E-state index contributed by atoms with van der Waals surface area (Å²) in [5.74, 6) is 0.877. The molecule has 6 heteroatoms. The van der Waals surface area contributed by atoms with E-state index in [-0.39, 0.29) is 0 Å². The quantitative estimate of drug-likeness (QED) is 0.120. The minimum Gasteiger partial charge on any atom is -0.494 e. The van der Waals surface area contributed by atoms with Crippen LogP contribution in [0.3, 0.4) is 0 Å². The van der Waals surface area contributed by atoms with Gasteiger partial charge in [0.25, 0.3) is 0 Å². The zero-order valence-corrected chi connectivity index (χ0v) is 36.9. The molecule has 0 saturated carbocycles. The summed E-state index contributed by atoms with van der Waals surface area (Å²) in [5.41, 5.74) is 19.6. The fraction of sp³-hybridized carbons (Fsp3) is 0.158. The van der Waals surface area contributed by atoms with Gasteiger partial charge in [-0.15, -0.1) is 11.3 Å². The van der Waals surface area contributed by atoms with E-state index in [9.17, 15) is 0 Å². The molecule has 2 aliphatic rings. The van der Waals surface area contributed by atoms with Gasteiger partial charge in [-0.3, -0.25) is 0 Å². The van der Waals surface area contributed by atoms with Gasteiger partial charge >= 0.3 is 0 Å². The molecule has 63 heavy (non-hydrogen) atoms. The van der Waals surface area contributed by atoms with Crippen molar-refractivity contribution in [3.05, 3.63) is 183 Å². The van der Waals surface area contributed by atoms with Crippen LogP contribution in [0, 0.1) is 20.8 Å². The van der Waals surface area contributed by atoms with Crippen LogP contribution in [0.15, 0.2) is 139 Å². The van der Waals surface area contributed by atoms with Crippen molar-refractivity contribution < 1.29 is 4.74 Å². The number of rotatable bonds is 12. The molecule has 310 valence electrons. The third-order valence-corrected chi connectivity index (χ3v) is 13.0. The van der Waals surface area contributed by atoms with E-state index >= 15 is 0 Å². The standard InChI is InChI=1S/C57H50N4OS/c1-37-11-17-40(18-12-37)54-46-27-29-48(58-46)55(41-19-13-38(2)14-20-41)50-31-33-52(60-50)57(43-23-25-44(26-24-43)62-35-7-5-4-6-9-45-10-8-36-63-45)53-34-32-51(61-53)56(49-30-28-47(54)59-49)42-21-15-39(3)16-22-42/h8,10-34,36,58,61H,4-7,9,35H2,1-3H3. The van der Waals surface area contributed by atoms with Crippen LogP contribution in [0.5, 0.6) is 5.75 Å². The Kier molecular flexibility index (Phi) is 11.3. The number of aryl methyl sites for hydroxylation is 4. The van der Waals surface area contributed by atoms with E-state index in [2.05, 4.69) is 194 Å².